The van der Waals surface area contributed by atoms with Gasteiger partial charge < -0.3 is 14.2 Å². The Morgan fingerprint density at radius 3 is 2.72 bits per heavy atom. The SMILES string of the molecule is Cc1ccc(S(C)(=O)=O)cc1C(=O)OCc1cc(Cl)c2c(c1)OCO2. The average Bonchev–Trinajstić information content (AvgIpc) is 3.01. The number of halogens is 1. The topological polar surface area (TPSA) is 78.9 Å². The van der Waals surface area contributed by atoms with Gasteiger partial charge in [0, 0.05) is 6.26 Å². The molecule has 0 saturated carbocycles. The van der Waals surface area contributed by atoms with E-state index in [1.54, 1.807) is 25.1 Å². The van der Waals surface area contributed by atoms with Crippen LogP contribution in [0, 0.1) is 6.92 Å². The quantitative estimate of drug-likeness (QED) is 0.756. The summed E-state index contributed by atoms with van der Waals surface area (Å²) in [4.78, 5) is 12.4. The zero-order valence-electron chi connectivity index (χ0n) is 13.5. The summed E-state index contributed by atoms with van der Waals surface area (Å²) in [6.07, 6.45) is 1.08. The minimum absolute atomic E-state index is 0.0300. The Kier molecular flexibility index (Phi) is 4.62. The van der Waals surface area contributed by atoms with E-state index in [1.165, 1.54) is 12.1 Å². The van der Waals surface area contributed by atoms with Crippen LogP contribution in [0.3, 0.4) is 0 Å². The normalized spacial score (nSPS) is 12.9. The molecule has 2 aromatic rings. The van der Waals surface area contributed by atoms with Crippen LogP contribution >= 0.6 is 11.6 Å². The largest absolute Gasteiger partial charge is 0.457 e. The van der Waals surface area contributed by atoms with Crippen molar-refractivity contribution in [3.63, 3.8) is 0 Å². The van der Waals surface area contributed by atoms with Gasteiger partial charge in [-0.2, -0.15) is 0 Å². The Bertz CT molecular complexity index is 952. The van der Waals surface area contributed by atoms with Crippen LogP contribution in [0.25, 0.3) is 0 Å². The van der Waals surface area contributed by atoms with E-state index in [4.69, 9.17) is 25.8 Å². The molecule has 1 heterocycles. The van der Waals surface area contributed by atoms with Crippen molar-refractivity contribution in [2.75, 3.05) is 13.0 Å². The number of fused-ring (bicyclic) bond motifs is 1. The van der Waals surface area contributed by atoms with Gasteiger partial charge in [0.25, 0.3) is 0 Å². The molecule has 0 aliphatic carbocycles. The van der Waals surface area contributed by atoms with Gasteiger partial charge >= 0.3 is 5.97 Å². The van der Waals surface area contributed by atoms with Crippen LogP contribution < -0.4 is 9.47 Å². The lowest BCUT2D eigenvalue weighted by Crippen LogP contribution is -2.09. The Balaban J connectivity index is 1.79. The molecule has 1 aliphatic rings. The molecule has 2 aromatic carbocycles. The third kappa shape index (κ3) is 3.72. The number of esters is 1. The molecule has 6 nitrogen and oxygen atoms in total. The van der Waals surface area contributed by atoms with Crippen LogP contribution in [0.4, 0.5) is 0 Å². The maximum Gasteiger partial charge on any atom is 0.338 e. The summed E-state index contributed by atoms with van der Waals surface area (Å²) in [6.45, 7) is 1.77. The lowest BCUT2D eigenvalue weighted by Gasteiger charge is -2.10. The molecule has 0 spiro atoms. The highest BCUT2D eigenvalue weighted by atomic mass is 35.5. The van der Waals surface area contributed by atoms with Gasteiger partial charge in [0.1, 0.15) is 6.61 Å². The Morgan fingerprint density at radius 1 is 1.24 bits per heavy atom. The minimum Gasteiger partial charge on any atom is -0.457 e. The lowest BCUT2D eigenvalue weighted by atomic mass is 10.1. The van der Waals surface area contributed by atoms with Crippen LogP contribution in [-0.4, -0.2) is 27.4 Å². The molecule has 3 rings (SSSR count). The number of aryl methyl sites for hydroxylation is 1. The van der Waals surface area contributed by atoms with Gasteiger partial charge in [-0.3, -0.25) is 0 Å². The van der Waals surface area contributed by atoms with Crippen molar-refractivity contribution in [1.29, 1.82) is 0 Å². The molecule has 0 amide bonds. The first-order valence-corrected chi connectivity index (χ1v) is 9.58. The molecule has 0 aromatic heterocycles. The van der Waals surface area contributed by atoms with Gasteiger partial charge in [-0.25, -0.2) is 13.2 Å². The summed E-state index contributed by atoms with van der Waals surface area (Å²) < 4.78 is 39.1. The summed E-state index contributed by atoms with van der Waals surface area (Å²) in [5.41, 5.74) is 1.47. The smallest absolute Gasteiger partial charge is 0.338 e. The van der Waals surface area contributed by atoms with Crippen LogP contribution in [-0.2, 0) is 21.2 Å². The molecule has 0 atom stereocenters. The molecule has 1 aliphatic heterocycles. The second-order valence-electron chi connectivity index (χ2n) is 5.64. The number of carbonyl (C=O) groups is 1. The molecule has 0 unspecified atom stereocenters. The molecule has 0 N–H and O–H groups in total. The first-order chi connectivity index (χ1) is 11.8. The number of carbonyl (C=O) groups excluding carboxylic acids is 1. The minimum atomic E-state index is -3.41. The molecule has 8 heteroatoms. The van der Waals surface area contributed by atoms with Gasteiger partial charge in [0.15, 0.2) is 21.3 Å². The average molecular weight is 383 g/mol. The highest BCUT2D eigenvalue weighted by molar-refractivity contribution is 7.90. The van der Waals surface area contributed by atoms with Crippen molar-refractivity contribution in [2.45, 2.75) is 18.4 Å². The molecular weight excluding hydrogens is 368 g/mol. The Labute approximate surface area is 150 Å². The number of benzene rings is 2. The number of rotatable bonds is 4. The van der Waals surface area contributed by atoms with E-state index >= 15 is 0 Å². The summed E-state index contributed by atoms with van der Waals surface area (Å²) in [5.74, 6) is 0.346. The number of hydrogen-bond acceptors (Lipinski definition) is 6. The molecule has 132 valence electrons. The van der Waals surface area contributed by atoms with Gasteiger partial charge in [-0.05, 0) is 42.3 Å². The van der Waals surface area contributed by atoms with E-state index in [2.05, 4.69) is 0 Å². The highest BCUT2D eigenvalue weighted by Crippen LogP contribution is 2.39. The van der Waals surface area contributed by atoms with Crippen molar-refractivity contribution in [2.24, 2.45) is 0 Å². The van der Waals surface area contributed by atoms with E-state index in [9.17, 15) is 13.2 Å². The Morgan fingerprint density at radius 2 is 2.00 bits per heavy atom. The number of ether oxygens (including phenoxy) is 3. The Hall–Kier alpha value is -2.25. The predicted octanol–water partition coefficient (Wildman–Crippen LogP) is 3.14. The first-order valence-electron chi connectivity index (χ1n) is 7.31. The van der Waals surface area contributed by atoms with E-state index in [0.717, 1.165) is 6.26 Å². The fourth-order valence-electron chi connectivity index (χ4n) is 2.38. The summed E-state index contributed by atoms with van der Waals surface area (Å²) in [5, 5.41) is 0.372. The fourth-order valence-corrected chi connectivity index (χ4v) is 3.32. The van der Waals surface area contributed by atoms with Crippen molar-refractivity contribution in [3.8, 4) is 11.5 Å². The van der Waals surface area contributed by atoms with E-state index < -0.39 is 15.8 Å². The molecule has 0 radical (unpaired) electrons. The van der Waals surface area contributed by atoms with Crippen LogP contribution in [0.1, 0.15) is 21.5 Å². The standard InChI is InChI=1S/C17H15ClO6S/c1-10-3-4-12(25(2,20)21)7-13(10)17(19)22-8-11-5-14(18)16-15(6-11)23-9-24-16/h3-7H,8-9H2,1-2H3. The first kappa shape index (κ1) is 17.6. The van der Waals surface area contributed by atoms with Crippen LogP contribution in [0.15, 0.2) is 35.2 Å². The van der Waals surface area contributed by atoms with Crippen molar-refractivity contribution < 1.29 is 27.4 Å². The monoisotopic (exact) mass is 382 g/mol. The van der Waals surface area contributed by atoms with E-state index in [-0.39, 0.29) is 23.9 Å². The summed E-state index contributed by atoms with van der Waals surface area (Å²) >= 11 is 6.09. The van der Waals surface area contributed by atoms with E-state index in [1.807, 2.05) is 0 Å². The second kappa shape index (κ2) is 6.57. The molecule has 25 heavy (non-hydrogen) atoms. The molecule has 0 saturated heterocycles. The van der Waals surface area contributed by atoms with Gasteiger partial charge in [0.2, 0.25) is 6.79 Å². The maximum absolute atomic E-state index is 12.3. The lowest BCUT2D eigenvalue weighted by molar-refractivity contribution is 0.0471. The van der Waals surface area contributed by atoms with Crippen molar-refractivity contribution in [1.82, 2.24) is 0 Å². The maximum atomic E-state index is 12.3. The number of sulfone groups is 1. The van der Waals surface area contributed by atoms with Gasteiger partial charge in [-0.1, -0.05) is 17.7 Å². The summed E-state index contributed by atoms with van der Waals surface area (Å²) in [6, 6.07) is 7.66. The summed E-state index contributed by atoms with van der Waals surface area (Å²) in [7, 11) is -3.41. The second-order valence-corrected chi connectivity index (χ2v) is 8.06. The molecular formula is C17H15ClO6S. The van der Waals surface area contributed by atoms with Gasteiger partial charge in [-0.15, -0.1) is 0 Å². The van der Waals surface area contributed by atoms with Crippen molar-refractivity contribution >= 4 is 27.4 Å². The molecule has 0 fully saturated rings. The third-order valence-corrected chi connectivity index (χ3v) is 5.11. The zero-order chi connectivity index (χ0) is 18.2. The highest BCUT2D eigenvalue weighted by Gasteiger charge is 2.20. The zero-order valence-corrected chi connectivity index (χ0v) is 15.1. The van der Waals surface area contributed by atoms with E-state index in [0.29, 0.717) is 27.6 Å². The molecule has 0 bridgehead atoms. The van der Waals surface area contributed by atoms with Crippen LogP contribution in [0.5, 0.6) is 11.5 Å². The predicted molar refractivity (Wildman–Crippen MR) is 91.0 cm³/mol. The van der Waals surface area contributed by atoms with Crippen molar-refractivity contribution in [3.05, 3.63) is 52.0 Å². The fraction of sp³-hybridized carbons (Fsp3) is 0.235. The number of hydrogen-bond donors (Lipinski definition) is 0. The van der Waals surface area contributed by atoms with Gasteiger partial charge in [0.05, 0.1) is 15.5 Å². The van der Waals surface area contributed by atoms with Crippen LogP contribution in [0.2, 0.25) is 5.02 Å². The third-order valence-electron chi connectivity index (χ3n) is 3.71.